The lowest BCUT2D eigenvalue weighted by Crippen LogP contribution is -2.35. The second kappa shape index (κ2) is 5.27. The highest BCUT2D eigenvalue weighted by Gasteiger charge is 2.16. The molecular weight excluding hydrogens is 233 g/mol. The molecule has 1 rings (SSSR count). The minimum Gasteiger partial charge on any atom is -0.480 e. The van der Waals surface area contributed by atoms with Gasteiger partial charge in [0.05, 0.1) is 5.02 Å². The zero-order valence-electron chi connectivity index (χ0n) is 9.08. The van der Waals surface area contributed by atoms with Gasteiger partial charge < -0.3 is 5.11 Å². The van der Waals surface area contributed by atoms with E-state index in [4.69, 9.17) is 16.7 Å². The van der Waals surface area contributed by atoms with Crippen molar-refractivity contribution in [1.29, 1.82) is 0 Å². The summed E-state index contributed by atoms with van der Waals surface area (Å²) in [6.07, 6.45) is 0. The Kier molecular flexibility index (Phi) is 4.26. The molecule has 0 bridgehead atoms. The fourth-order valence-corrected chi connectivity index (χ4v) is 1.37. The van der Waals surface area contributed by atoms with Gasteiger partial charge in [-0.2, -0.15) is 0 Å². The fraction of sp³-hybridized carbons (Fsp3) is 0.364. The van der Waals surface area contributed by atoms with Crippen LogP contribution in [-0.2, 0) is 11.3 Å². The van der Waals surface area contributed by atoms with Crippen molar-refractivity contribution in [3.05, 3.63) is 34.6 Å². The molecule has 0 amide bonds. The number of aliphatic carboxylic acids is 1. The van der Waals surface area contributed by atoms with Crippen molar-refractivity contribution >= 4 is 17.6 Å². The molecule has 1 unspecified atom stereocenters. The molecule has 0 fully saturated rings. The molecule has 3 nitrogen and oxygen atoms in total. The van der Waals surface area contributed by atoms with E-state index in [2.05, 4.69) is 0 Å². The lowest BCUT2D eigenvalue weighted by Gasteiger charge is -2.21. The topological polar surface area (TPSA) is 40.5 Å². The Hall–Kier alpha value is -1.13. The Morgan fingerprint density at radius 1 is 1.62 bits per heavy atom. The second-order valence-electron chi connectivity index (χ2n) is 3.68. The van der Waals surface area contributed by atoms with Crippen LogP contribution in [0, 0.1) is 5.82 Å². The van der Waals surface area contributed by atoms with Crippen molar-refractivity contribution in [2.75, 3.05) is 7.05 Å². The maximum Gasteiger partial charge on any atom is 0.320 e. The Morgan fingerprint density at radius 2 is 2.25 bits per heavy atom. The minimum atomic E-state index is -0.906. The predicted octanol–water partition coefficient (Wildman–Crippen LogP) is 2.38. The number of nitrogens with zero attached hydrogens (tertiary/aromatic N) is 1. The van der Waals surface area contributed by atoms with Crippen LogP contribution in [0.1, 0.15) is 12.5 Å². The molecule has 1 aromatic carbocycles. The van der Waals surface area contributed by atoms with Gasteiger partial charge in [-0.05, 0) is 31.7 Å². The predicted molar refractivity (Wildman–Crippen MR) is 60.0 cm³/mol. The van der Waals surface area contributed by atoms with E-state index < -0.39 is 17.8 Å². The Balaban J connectivity index is 2.73. The van der Waals surface area contributed by atoms with E-state index in [1.807, 2.05) is 0 Å². The van der Waals surface area contributed by atoms with Crippen molar-refractivity contribution < 1.29 is 14.3 Å². The molecule has 16 heavy (non-hydrogen) atoms. The molecule has 0 spiro atoms. The first-order valence-electron chi connectivity index (χ1n) is 4.78. The monoisotopic (exact) mass is 245 g/mol. The average molecular weight is 246 g/mol. The van der Waals surface area contributed by atoms with Gasteiger partial charge in [0, 0.05) is 6.54 Å². The van der Waals surface area contributed by atoms with Crippen molar-refractivity contribution in [3.63, 3.8) is 0 Å². The number of carbonyl (C=O) groups is 1. The summed E-state index contributed by atoms with van der Waals surface area (Å²) in [5.41, 5.74) is 0.692. The molecule has 88 valence electrons. The highest BCUT2D eigenvalue weighted by molar-refractivity contribution is 6.30. The van der Waals surface area contributed by atoms with E-state index in [-0.39, 0.29) is 5.02 Å². The first-order chi connectivity index (χ1) is 7.41. The lowest BCUT2D eigenvalue weighted by atomic mass is 10.2. The molecule has 1 aromatic rings. The number of hydrogen-bond acceptors (Lipinski definition) is 2. The van der Waals surface area contributed by atoms with Gasteiger partial charge in [0.15, 0.2) is 0 Å². The van der Waals surface area contributed by atoms with Crippen LogP contribution in [-0.4, -0.2) is 29.1 Å². The molecule has 0 heterocycles. The summed E-state index contributed by atoms with van der Waals surface area (Å²) in [5, 5.41) is 8.86. The van der Waals surface area contributed by atoms with Gasteiger partial charge in [-0.25, -0.2) is 4.39 Å². The minimum absolute atomic E-state index is 0.0673. The summed E-state index contributed by atoms with van der Waals surface area (Å²) in [5.74, 6) is -1.40. The number of benzene rings is 1. The molecular formula is C11H13ClFNO2. The molecule has 0 radical (unpaired) electrons. The molecule has 0 aromatic heterocycles. The third-order valence-electron chi connectivity index (χ3n) is 2.43. The van der Waals surface area contributed by atoms with E-state index in [0.29, 0.717) is 12.1 Å². The van der Waals surface area contributed by atoms with Gasteiger partial charge in [0.2, 0.25) is 0 Å². The van der Waals surface area contributed by atoms with Crippen molar-refractivity contribution in [2.45, 2.75) is 19.5 Å². The molecule has 0 aliphatic heterocycles. The summed E-state index contributed by atoms with van der Waals surface area (Å²) in [7, 11) is 1.67. The normalized spacial score (nSPS) is 12.8. The van der Waals surface area contributed by atoms with Crippen LogP contribution in [0.5, 0.6) is 0 Å². The smallest absolute Gasteiger partial charge is 0.320 e. The standard InChI is InChI=1S/C11H13ClFNO2/c1-7(11(15)16)14(2)6-8-3-4-9(12)10(13)5-8/h3-5,7H,6H2,1-2H3,(H,15,16). The first-order valence-corrected chi connectivity index (χ1v) is 5.16. The summed E-state index contributed by atoms with van der Waals surface area (Å²) in [4.78, 5) is 12.3. The van der Waals surface area contributed by atoms with Crippen LogP contribution >= 0.6 is 11.6 Å². The van der Waals surface area contributed by atoms with Crippen molar-refractivity contribution in [2.24, 2.45) is 0 Å². The Morgan fingerprint density at radius 3 is 2.75 bits per heavy atom. The maximum absolute atomic E-state index is 13.1. The van der Waals surface area contributed by atoms with Crippen LogP contribution < -0.4 is 0 Å². The van der Waals surface area contributed by atoms with Crippen LogP contribution in [0.2, 0.25) is 5.02 Å². The zero-order valence-corrected chi connectivity index (χ0v) is 9.83. The average Bonchev–Trinajstić information content (AvgIpc) is 2.22. The van der Waals surface area contributed by atoms with Crippen LogP contribution in [0.3, 0.4) is 0 Å². The summed E-state index contributed by atoms with van der Waals surface area (Å²) < 4.78 is 13.1. The van der Waals surface area contributed by atoms with Crippen molar-refractivity contribution in [3.8, 4) is 0 Å². The number of halogens is 2. The van der Waals surface area contributed by atoms with Crippen molar-refractivity contribution in [1.82, 2.24) is 4.90 Å². The third kappa shape index (κ3) is 3.18. The summed E-state index contributed by atoms with van der Waals surface area (Å²) in [6, 6.07) is 3.84. The van der Waals surface area contributed by atoms with E-state index in [1.165, 1.54) is 12.1 Å². The van der Waals surface area contributed by atoms with Gasteiger partial charge in [0.25, 0.3) is 0 Å². The Labute approximate surface area is 98.4 Å². The number of carboxylic acids is 1. The van der Waals surface area contributed by atoms with E-state index >= 15 is 0 Å². The molecule has 0 aliphatic carbocycles. The lowest BCUT2D eigenvalue weighted by molar-refractivity contribution is -0.142. The van der Waals surface area contributed by atoms with Gasteiger partial charge in [-0.3, -0.25) is 9.69 Å². The van der Waals surface area contributed by atoms with E-state index in [9.17, 15) is 9.18 Å². The highest BCUT2D eigenvalue weighted by Crippen LogP contribution is 2.16. The van der Waals surface area contributed by atoms with Crippen LogP contribution in [0.25, 0.3) is 0 Å². The van der Waals surface area contributed by atoms with Gasteiger partial charge >= 0.3 is 5.97 Å². The molecule has 5 heteroatoms. The second-order valence-corrected chi connectivity index (χ2v) is 4.08. The number of carboxylic acid groups (broad SMARTS) is 1. The molecule has 0 saturated carbocycles. The third-order valence-corrected chi connectivity index (χ3v) is 2.74. The van der Waals surface area contributed by atoms with Gasteiger partial charge in [-0.15, -0.1) is 0 Å². The van der Waals surface area contributed by atoms with E-state index in [0.717, 1.165) is 0 Å². The van der Waals surface area contributed by atoms with Crippen LogP contribution in [0.4, 0.5) is 4.39 Å². The Bertz CT molecular complexity index is 398. The molecule has 1 N–H and O–H groups in total. The quantitative estimate of drug-likeness (QED) is 0.886. The number of hydrogen-bond donors (Lipinski definition) is 1. The highest BCUT2D eigenvalue weighted by atomic mass is 35.5. The van der Waals surface area contributed by atoms with Gasteiger partial charge in [-0.1, -0.05) is 17.7 Å². The fourth-order valence-electron chi connectivity index (χ4n) is 1.25. The van der Waals surface area contributed by atoms with E-state index in [1.54, 1.807) is 24.9 Å². The number of rotatable bonds is 4. The van der Waals surface area contributed by atoms with Crippen LogP contribution in [0.15, 0.2) is 18.2 Å². The number of likely N-dealkylation sites (N-methyl/N-ethyl adjacent to an activating group) is 1. The SMILES string of the molecule is CC(C(=O)O)N(C)Cc1ccc(Cl)c(F)c1. The molecule has 0 saturated heterocycles. The molecule has 0 aliphatic rings. The maximum atomic E-state index is 13.1. The van der Waals surface area contributed by atoms with Gasteiger partial charge in [0.1, 0.15) is 11.9 Å². The molecule has 1 atom stereocenters. The largest absolute Gasteiger partial charge is 0.480 e. The first kappa shape index (κ1) is 12.9. The zero-order chi connectivity index (χ0) is 12.3. The summed E-state index contributed by atoms with van der Waals surface area (Å²) >= 11 is 5.55. The summed E-state index contributed by atoms with van der Waals surface area (Å²) in [6.45, 7) is 1.94.